The first-order valence-electron chi connectivity index (χ1n) is 5.90. The predicted octanol–water partition coefficient (Wildman–Crippen LogP) is 0.438. The largest absolute Gasteiger partial charge is 0.350 e. The van der Waals surface area contributed by atoms with Gasteiger partial charge in [-0.3, -0.25) is 0 Å². The molecule has 0 aromatic heterocycles. The number of carbonyl (C=O) groups is 2. The van der Waals surface area contributed by atoms with E-state index in [-0.39, 0.29) is 0 Å². The second-order valence-corrected chi connectivity index (χ2v) is 4.61. The van der Waals surface area contributed by atoms with Crippen LogP contribution in [-0.2, 0) is 0 Å². The molecule has 0 saturated carbocycles. The van der Waals surface area contributed by atoms with Crippen LogP contribution >= 0.6 is 0 Å². The van der Waals surface area contributed by atoms with Crippen molar-refractivity contribution < 1.29 is 9.59 Å². The Labute approximate surface area is 117 Å². The highest BCUT2D eigenvalue weighted by molar-refractivity contribution is 5.96. The van der Waals surface area contributed by atoms with Gasteiger partial charge in [-0.05, 0) is 49.9 Å². The third-order valence-corrected chi connectivity index (χ3v) is 3.50. The first-order chi connectivity index (χ1) is 9.11. The number of nitrogens with zero attached hydrogens (tertiary/aromatic N) is 2. The van der Waals surface area contributed by atoms with Crippen LogP contribution in [0.2, 0.25) is 0 Å². The molecule has 0 bridgehead atoms. The van der Waals surface area contributed by atoms with E-state index < -0.39 is 12.1 Å². The third-order valence-electron chi connectivity index (χ3n) is 3.50. The fourth-order valence-corrected chi connectivity index (χ4v) is 2.22. The molecule has 0 aliphatic carbocycles. The molecular formula is C12H20N6O2. The molecule has 0 saturated heterocycles. The lowest BCUT2D eigenvalue weighted by atomic mass is 9.95. The maximum Gasteiger partial charge on any atom is 0.333 e. The summed E-state index contributed by atoms with van der Waals surface area (Å²) >= 11 is 0. The van der Waals surface area contributed by atoms with Gasteiger partial charge in [0, 0.05) is 0 Å². The molecule has 1 aromatic carbocycles. The van der Waals surface area contributed by atoms with Crippen LogP contribution in [0.1, 0.15) is 22.3 Å². The van der Waals surface area contributed by atoms with E-state index in [2.05, 4.69) is 0 Å². The number of carbonyl (C=O) groups excluding carboxylic acids is 2. The fourth-order valence-electron chi connectivity index (χ4n) is 2.22. The molecule has 0 unspecified atom stereocenters. The number of primary amides is 2. The summed E-state index contributed by atoms with van der Waals surface area (Å²) in [6.07, 6.45) is 0. The van der Waals surface area contributed by atoms with Crippen LogP contribution in [0, 0.1) is 27.7 Å². The molecule has 0 atom stereocenters. The lowest BCUT2D eigenvalue weighted by Crippen LogP contribution is -2.44. The number of nitrogens with two attached hydrogens (primary N) is 4. The summed E-state index contributed by atoms with van der Waals surface area (Å²) in [4.78, 5) is 22.5. The molecule has 1 aromatic rings. The van der Waals surface area contributed by atoms with Crippen molar-refractivity contribution in [2.75, 3.05) is 10.0 Å². The lowest BCUT2D eigenvalue weighted by molar-refractivity contribution is 0.253. The topological polar surface area (TPSA) is 145 Å². The van der Waals surface area contributed by atoms with Gasteiger partial charge in [0.05, 0.1) is 11.4 Å². The smallest absolute Gasteiger partial charge is 0.333 e. The van der Waals surface area contributed by atoms with E-state index in [1.807, 2.05) is 0 Å². The van der Waals surface area contributed by atoms with Gasteiger partial charge in [-0.25, -0.2) is 31.3 Å². The number of hydrazine groups is 2. The Morgan fingerprint density at radius 1 is 0.700 bits per heavy atom. The zero-order valence-electron chi connectivity index (χ0n) is 12.0. The quantitative estimate of drug-likeness (QED) is 0.353. The average Bonchev–Trinajstić information content (AvgIpc) is 2.36. The number of hydrogen-bond donors (Lipinski definition) is 4. The summed E-state index contributed by atoms with van der Waals surface area (Å²) < 4.78 is 0. The van der Waals surface area contributed by atoms with Crippen molar-refractivity contribution in [2.24, 2.45) is 23.2 Å². The lowest BCUT2D eigenvalue weighted by Gasteiger charge is -2.27. The van der Waals surface area contributed by atoms with E-state index in [0.717, 1.165) is 10.0 Å². The van der Waals surface area contributed by atoms with Gasteiger partial charge in [0.25, 0.3) is 0 Å². The highest BCUT2D eigenvalue weighted by Gasteiger charge is 2.23. The predicted molar refractivity (Wildman–Crippen MR) is 77.9 cm³/mol. The minimum atomic E-state index is -0.776. The summed E-state index contributed by atoms with van der Waals surface area (Å²) in [7, 11) is 0. The Hall–Kier alpha value is -2.32. The molecule has 1 rings (SSSR count). The number of rotatable bonds is 2. The van der Waals surface area contributed by atoms with Gasteiger partial charge in [-0.2, -0.15) is 0 Å². The maximum absolute atomic E-state index is 11.3. The molecule has 0 aliphatic heterocycles. The number of hydrogen-bond acceptors (Lipinski definition) is 4. The highest BCUT2D eigenvalue weighted by atomic mass is 16.2. The molecule has 0 spiro atoms. The summed E-state index contributed by atoms with van der Waals surface area (Å²) in [5, 5.41) is 1.75. The molecule has 0 aliphatic rings. The van der Waals surface area contributed by atoms with E-state index in [0.29, 0.717) is 33.6 Å². The molecule has 0 heterocycles. The van der Waals surface area contributed by atoms with E-state index in [1.54, 1.807) is 27.7 Å². The summed E-state index contributed by atoms with van der Waals surface area (Å²) in [5.74, 6) is 11.4. The van der Waals surface area contributed by atoms with Gasteiger partial charge in [0.1, 0.15) is 0 Å². The van der Waals surface area contributed by atoms with Crippen LogP contribution in [0.25, 0.3) is 0 Å². The minimum absolute atomic E-state index is 0.495. The van der Waals surface area contributed by atoms with Gasteiger partial charge in [-0.1, -0.05) is 0 Å². The molecule has 20 heavy (non-hydrogen) atoms. The van der Waals surface area contributed by atoms with E-state index in [9.17, 15) is 9.59 Å². The van der Waals surface area contributed by atoms with E-state index in [4.69, 9.17) is 23.2 Å². The number of anilines is 2. The van der Waals surface area contributed by atoms with Crippen molar-refractivity contribution in [3.05, 3.63) is 22.3 Å². The summed E-state index contributed by atoms with van der Waals surface area (Å²) in [6.45, 7) is 7.05. The summed E-state index contributed by atoms with van der Waals surface area (Å²) in [5.41, 5.74) is 14.2. The van der Waals surface area contributed by atoms with Gasteiger partial charge < -0.3 is 11.5 Å². The van der Waals surface area contributed by atoms with Crippen molar-refractivity contribution in [3.8, 4) is 0 Å². The van der Waals surface area contributed by atoms with Crippen molar-refractivity contribution >= 4 is 23.4 Å². The Bertz CT molecular complexity index is 504. The Kier molecular flexibility index (Phi) is 4.21. The van der Waals surface area contributed by atoms with Crippen LogP contribution in [0.3, 0.4) is 0 Å². The second kappa shape index (κ2) is 5.35. The molecule has 4 amide bonds. The van der Waals surface area contributed by atoms with Crippen LogP contribution in [0.4, 0.5) is 21.0 Å². The zero-order valence-corrected chi connectivity index (χ0v) is 12.0. The summed E-state index contributed by atoms with van der Waals surface area (Å²) in [6, 6.07) is -1.55. The SMILES string of the molecule is Cc1c(C)c(N(N)C(N)=O)c(C)c(C)c1N(N)C(N)=O. The first-order valence-corrected chi connectivity index (χ1v) is 5.90. The van der Waals surface area contributed by atoms with Crippen molar-refractivity contribution in [1.29, 1.82) is 0 Å². The molecule has 0 radical (unpaired) electrons. The Morgan fingerprint density at radius 3 is 1.05 bits per heavy atom. The fraction of sp³-hybridized carbons (Fsp3) is 0.333. The average molecular weight is 280 g/mol. The second-order valence-electron chi connectivity index (χ2n) is 4.61. The van der Waals surface area contributed by atoms with Crippen LogP contribution in [0.15, 0.2) is 0 Å². The number of amides is 4. The molecule has 0 fully saturated rings. The van der Waals surface area contributed by atoms with Gasteiger partial charge in [0.15, 0.2) is 0 Å². The van der Waals surface area contributed by atoms with Gasteiger partial charge >= 0.3 is 12.1 Å². The molecule has 110 valence electrons. The van der Waals surface area contributed by atoms with Crippen LogP contribution < -0.4 is 33.2 Å². The maximum atomic E-state index is 11.3. The number of urea groups is 2. The van der Waals surface area contributed by atoms with E-state index in [1.165, 1.54) is 0 Å². The van der Waals surface area contributed by atoms with Crippen LogP contribution in [0.5, 0.6) is 0 Å². The van der Waals surface area contributed by atoms with Crippen LogP contribution in [-0.4, -0.2) is 12.1 Å². The van der Waals surface area contributed by atoms with Gasteiger partial charge in [0.2, 0.25) is 0 Å². The molecule has 8 N–H and O–H groups in total. The van der Waals surface area contributed by atoms with Gasteiger partial charge in [-0.15, -0.1) is 0 Å². The van der Waals surface area contributed by atoms with Crippen molar-refractivity contribution in [3.63, 3.8) is 0 Å². The third kappa shape index (κ3) is 2.38. The normalized spacial score (nSPS) is 10.3. The molecule has 8 nitrogen and oxygen atoms in total. The molecule has 8 heteroatoms. The monoisotopic (exact) mass is 280 g/mol. The first kappa shape index (κ1) is 15.7. The highest BCUT2D eigenvalue weighted by Crippen LogP contribution is 2.36. The van der Waals surface area contributed by atoms with Crippen molar-refractivity contribution in [1.82, 2.24) is 0 Å². The van der Waals surface area contributed by atoms with Crippen molar-refractivity contribution in [2.45, 2.75) is 27.7 Å². The zero-order chi connectivity index (χ0) is 15.8. The standard InChI is InChI=1S/C12H20N6O2/c1-5-6(2)10(18(16)12(14)20)8(4)7(3)9(5)17(15)11(13)19/h15-16H2,1-4H3,(H2,13,19)(H2,14,20). The number of benzene rings is 1. The minimum Gasteiger partial charge on any atom is -0.350 e. The van der Waals surface area contributed by atoms with E-state index >= 15 is 0 Å². The Morgan fingerprint density at radius 2 is 0.900 bits per heavy atom. The Balaban J connectivity index is 3.66. The molecular weight excluding hydrogens is 260 g/mol.